The number of amides is 3. The lowest BCUT2D eigenvalue weighted by Gasteiger charge is -2.15. The second kappa shape index (κ2) is 11.2. The number of nitrogens with zero attached hydrogens (tertiary/aromatic N) is 1. The molecule has 0 aliphatic carbocycles. The highest BCUT2D eigenvalue weighted by Crippen LogP contribution is 2.34. The molecular weight excluding hydrogens is 456 g/mol. The number of hydrogen-bond acceptors (Lipinski definition) is 5. The van der Waals surface area contributed by atoms with Crippen LogP contribution in [0.3, 0.4) is 0 Å². The van der Waals surface area contributed by atoms with E-state index in [0.717, 1.165) is 11.1 Å². The molecule has 0 spiro atoms. The van der Waals surface area contributed by atoms with Gasteiger partial charge in [0.15, 0.2) is 0 Å². The topological polar surface area (TPSA) is 102 Å². The third-order valence-electron chi connectivity index (χ3n) is 5.52. The van der Waals surface area contributed by atoms with Gasteiger partial charge >= 0.3 is 6.03 Å². The number of hydrogen-bond donors (Lipinski definition) is 3. The summed E-state index contributed by atoms with van der Waals surface area (Å²) in [5, 5.41) is 8.82. The fraction of sp³-hybridized carbons (Fsp3) is 0.179. The molecule has 184 valence electrons. The van der Waals surface area contributed by atoms with Crippen molar-refractivity contribution in [1.29, 1.82) is 0 Å². The Kier molecular flexibility index (Phi) is 7.65. The van der Waals surface area contributed by atoms with Crippen LogP contribution in [0.15, 0.2) is 72.9 Å². The van der Waals surface area contributed by atoms with Gasteiger partial charge in [-0.25, -0.2) is 4.79 Å². The highest BCUT2D eigenvalue weighted by atomic mass is 16.5. The number of benzene rings is 3. The normalized spacial score (nSPS) is 10.5. The molecule has 0 radical (unpaired) electrons. The van der Waals surface area contributed by atoms with E-state index in [9.17, 15) is 9.59 Å². The molecule has 36 heavy (non-hydrogen) atoms. The van der Waals surface area contributed by atoms with Gasteiger partial charge in [0.05, 0.1) is 11.1 Å². The first-order valence-corrected chi connectivity index (χ1v) is 11.6. The fourth-order valence-electron chi connectivity index (χ4n) is 3.68. The van der Waals surface area contributed by atoms with Gasteiger partial charge < -0.3 is 25.4 Å². The van der Waals surface area contributed by atoms with Crippen LogP contribution in [0.1, 0.15) is 28.4 Å². The van der Waals surface area contributed by atoms with E-state index in [-0.39, 0.29) is 11.9 Å². The number of aromatic nitrogens is 1. The van der Waals surface area contributed by atoms with Crippen molar-refractivity contribution in [3.05, 3.63) is 89.6 Å². The first-order chi connectivity index (χ1) is 17.5. The molecule has 0 aliphatic heterocycles. The van der Waals surface area contributed by atoms with Crippen LogP contribution in [0.5, 0.6) is 17.2 Å². The number of rotatable bonds is 8. The zero-order valence-corrected chi connectivity index (χ0v) is 20.4. The average Bonchev–Trinajstić information content (AvgIpc) is 2.89. The zero-order valence-electron chi connectivity index (χ0n) is 20.4. The van der Waals surface area contributed by atoms with E-state index in [4.69, 9.17) is 9.47 Å². The SMILES string of the molecule is CCNC(=O)c1cc2c(Oc3ccc(NC(=O)NC)c(C)c3)ccnc2cc1OCc1ccccc1. The molecule has 0 unspecified atom stereocenters. The molecule has 0 saturated carbocycles. The van der Waals surface area contributed by atoms with E-state index in [2.05, 4.69) is 20.9 Å². The number of pyridine rings is 1. The number of ether oxygens (including phenoxy) is 2. The Bertz CT molecular complexity index is 1390. The molecule has 0 bridgehead atoms. The lowest BCUT2D eigenvalue weighted by Crippen LogP contribution is -2.24. The third kappa shape index (κ3) is 5.72. The number of urea groups is 1. The first kappa shape index (κ1) is 24.5. The molecule has 3 aromatic carbocycles. The highest BCUT2D eigenvalue weighted by molar-refractivity contribution is 6.02. The summed E-state index contributed by atoms with van der Waals surface area (Å²) in [4.78, 5) is 29.0. The zero-order chi connectivity index (χ0) is 25.5. The lowest BCUT2D eigenvalue weighted by atomic mass is 10.1. The van der Waals surface area contributed by atoms with E-state index >= 15 is 0 Å². The van der Waals surface area contributed by atoms with Crippen LogP contribution < -0.4 is 25.4 Å². The van der Waals surface area contributed by atoms with Crippen LogP contribution in [-0.2, 0) is 6.61 Å². The smallest absolute Gasteiger partial charge is 0.318 e. The number of nitrogens with one attached hydrogen (secondary N) is 3. The van der Waals surface area contributed by atoms with Gasteiger partial charge in [-0.15, -0.1) is 0 Å². The van der Waals surface area contributed by atoms with Gasteiger partial charge in [0.25, 0.3) is 5.91 Å². The largest absolute Gasteiger partial charge is 0.488 e. The summed E-state index contributed by atoms with van der Waals surface area (Å²) in [6, 6.07) is 20.1. The van der Waals surface area contributed by atoms with Crippen molar-refractivity contribution < 1.29 is 19.1 Å². The summed E-state index contributed by atoms with van der Waals surface area (Å²) in [6.07, 6.45) is 1.65. The third-order valence-corrected chi connectivity index (χ3v) is 5.52. The van der Waals surface area contributed by atoms with Crippen molar-refractivity contribution in [2.75, 3.05) is 18.9 Å². The summed E-state index contributed by atoms with van der Waals surface area (Å²) in [5.41, 5.74) is 3.56. The van der Waals surface area contributed by atoms with E-state index < -0.39 is 0 Å². The maximum atomic E-state index is 12.9. The first-order valence-electron chi connectivity index (χ1n) is 11.6. The summed E-state index contributed by atoms with van der Waals surface area (Å²) < 4.78 is 12.2. The van der Waals surface area contributed by atoms with Crippen LogP contribution in [0, 0.1) is 6.92 Å². The van der Waals surface area contributed by atoms with Gasteiger partial charge in [0, 0.05) is 36.9 Å². The molecule has 4 aromatic rings. The van der Waals surface area contributed by atoms with E-state index in [1.54, 1.807) is 43.6 Å². The predicted molar refractivity (Wildman–Crippen MR) is 140 cm³/mol. The maximum absolute atomic E-state index is 12.9. The van der Waals surface area contributed by atoms with Crippen LogP contribution in [-0.4, -0.2) is 30.5 Å². The minimum absolute atomic E-state index is 0.238. The molecule has 8 nitrogen and oxygen atoms in total. The van der Waals surface area contributed by atoms with Crippen LogP contribution >= 0.6 is 0 Å². The van der Waals surface area contributed by atoms with Crippen molar-refractivity contribution in [3.63, 3.8) is 0 Å². The average molecular weight is 485 g/mol. The molecule has 3 amide bonds. The summed E-state index contributed by atoms with van der Waals surface area (Å²) in [5.74, 6) is 1.35. The van der Waals surface area contributed by atoms with Crippen molar-refractivity contribution >= 4 is 28.5 Å². The quantitative estimate of drug-likeness (QED) is 0.310. The molecule has 1 heterocycles. The van der Waals surface area contributed by atoms with Crippen molar-refractivity contribution in [2.45, 2.75) is 20.5 Å². The Morgan fingerprint density at radius 2 is 1.78 bits per heavy atom. The number of carbonyl (C=O) groups is 2. The van der Waals surface area contributed by atoms with Gasteiger partial charge in [-0.2, -0.15) is 0 Å². The van der Waals surface area contributed by atoms with E-state index in [0.29, 0.717) is 52.6 Å². The van der Waals surface area contributed by atoms with E-state index in [1.807, 2.05) is 50.2 Å². The maximum Gasteiger partial charge on any atom is 0.318 e. The van der Waals surface area contributed by atoms with Crippen LogP contribution in [0.25, 0.3) is 10.9 Å². The molecule has 0 atom stereocenters. The van der Waals surface area contributed by atoms with Crippen molar-refractivity contribution in [3.8, 4) is 17.2 Å². The Morgan fingerprint density at radius 3 is 2.50 bits per heavy atom. The molecule has 1 aromatic heterocycles. The van der Waals surface area contributed by atoms with Crippen LogP contribution in [0.4, 0.5) is 10.5 Å². The molecule has 3 N–H and O–H groups in total. The monoisotopic (exact) mass is 484 g/mol. The number of fused-ring (bicyclic) bond motifs is 1. The molecule has 4 rings (SSSR count). The Morgan fingerprint density at radius 1 is 0.972 bits per heavy atom. The fourth-order valence-corrected chi connectivity index (χ4v) is 3.68. The van der Waals surface area contributed by atoms with Gasteiger partial charge in [-0.1, -0.05) is 30.3 Å². The van der Waals surface area contributed by atoms with Gasteiger partial charge in [-0.05, 0) is 55.3 Å². The summed E-state index contributed by atoms with van der Waals surface area (Å²) in [7, 11) is 1.56. The Hall–Kier alpha value is -4.59. The van der Waals surface area contributed by atoms with Crippen LogP contribution in [0.2, 0.25) is 0 Å². The second-order valence-corrected chi connectivity index (χ2v) is 8.09. The predicted octanol–water partition coefficient (Wildman–Crippen LogP) is 5.42. The summed E-state index contributed by atoms with van der Waals surface area (Å²) >= 11 is 0. The van der Waals surface area contributed by atoms with Gasteiger partial charge in [0.1, 0.15) is 23.9 Å². The molecule has 0 aliphatic rings. The van der Waals surface area contributed by atoms with Gasteiger partial charge in [0.2, 0.25) is 0 Å². The number of anilines is 1. The minimum Gasteiger partial charge on any atom is -0.488 e. The number of aryl methyl sites for hydroxylation is 1. The van der Waals surface area contributed by atoms with Crippen molar-refractivity contribution in [2.24, 2.45) is 0 Å². The minimum atomic E-state index is -0.296. The second-order valence-electron chi connectivity index (χ2n) is 8.09. The molecule has 0 saturated heterocycles. The number of carbonyl (C=O) groups excluding carboxylic acids is 2. The molecule has 0 fully saturated rings. The van der Waals surface area contributed by atoms with E-state index in [1.165, 1.54) is 0 Å². The standard InChI is InChI=1S/C28H28N4O4/c1-4-30-27(33)22-15-21-24(16-26(22)35-17-19-8-6-5-7-9-19)31-13-12-25(21)36-20-10-11-23(18(2)14-20)32-28(34)29-3/h5-16H,4,17H2,1-3H3,(H,30,33)(H2,29,32,34). The molecule has 8 heteroatoms. The highest BCUT2D eigenvalue weighted by Gasteiger charge is 2.17. The Labute approximate surface area is 209 Å². The molecular formula is C28H28N4O4. The van der Waals surface area contributed by atoms with Gasteiger partial charge in [-0.3, -0.25) is 9.78 Å². The lowest BCUT2D eigenvalue weighted by molar-refractivity contribution is 0.0951. The van der Waals surface area contributed by atoms with Crippen molar-refractivity contribution in [1.82, 2.24) is 15.6 Å². The summed E-state index contributed by atoms with van der Waals surface area (Å²) in [6.45, 7) is 4.56. The Balaban J connectivity index is 1.67.